The zero-order chi connectivity index (χ0) is 16.5. The van der Waals surface area contributed by atoms with Gasteiger partial charge in [0.25, 0.3) is 5.91 Å². The van der Waals surface area contributed by atoms with Crippen molar-refractivity contribution in [2.75, 3.05) is 18.4 Å². The van der Waals surface area contributed by atoms with Gasteiger partial charge in [-0.25, -0.2) is 0 Å². The average Bonchev–Trinajstić information content (AvgIpc) is 2.84. The van der Waals surface area contributed by atoms with Gasteiger partial charge in [-0.3, -0.25) is 9.59 Å². The van der Waals surface area contributed by atoms with Crippen molar-refractivity contribution in [3.05, 3.63) is 29.8 Å². The van der Waals surface area contributed by atoms with E-state index in [2.05, 4.69) is 12.2 Å². The van der Waals surface area contributed by atoms with E-state index in [0.717, 1.165) is 45.2 Å². The topological polar surface area (TPSA) is 49.4 Å². The first-order chi connectivity index (χ1) is 11.2. The highest BCUT2D eigenvalue weighted by Gasteiger charge is 2.17. The standard InChI is InChI=1S/C19H28N2O2/c1-2-3-6-12-18(22)20-17-11-9-10-16(15-17)19(23)21-13-7-4-5-8-14-21/h9-11,15H,2-8,12-14H2,1H3,(H,20,22). The van der Waals surface area contributed by atoms with Crippen LogP contribution in [0.15, 0.2) is 24.3 Å². The molecule has 2 rings (SSSR count). The minimum absolute atomic E-state index is 0.0258. The molecule has 1 N–H and O–H groups in total. The second-order valence-corrected chi connectivity index (χ2v) is 6.29. The number of amides is 2. The molecule has 1 aliphatic heterocycles. The number of likely N-dealkylation sites (tertiary alicyclic amines) is 1. The molecule has 0 unspecified atom stereocenters. The van der Waals surface area contributed by atoms with Crippen LogP contribution in [0.1, 0.15) is 68.6 Å². The fraction of sp³-hybridized carbons (Fsp3) is 0.579. The van der Waals surface area contributed by atoms with Crippen LogP contribution in [-0.2, 0) is 4.79 Å². The number of carbonyl (C=O) groups is 2. The molecule has 1 heterocycles. The minimum atomic E-state index is 0.0258. The number of anilines is 1. The highest BCUT2D eigenvalue weighted by atomic mass is 16.2. The Labute approximate surface area is 139 Å². The first-order valence-corrected chi connectivity index (χ1v) is 8.90. The largest absolute Gasteiger partial charge is 0.339 e. The van der Waals surface area contributed by atoms with E-state index < -0.39 is 0 Å². The van der Waals surface area contributed by atoms with Crippen LogP contribution in [0.4, 0.5) is 5.69 Å². The van der Waals surface area contributed by atoms with Gasteiger partial charge in [0.2, 0.25) is 5.91 Å². The summed E-state index contributed by atoms with van der Waals surface area (Å²) in [5, 5.41) is 2.90. The van der Waals surface area contributed by atoms with Crippen LogP contribution in [0, 0.1) is 0 Å². The lowest BCUT2D eigenvalue weighted by Crippen LogP contribution is -2.31. The third-order valence-electron chi connectivity index (χ3n) is 4.29. The molecule has 23 heavy (non-hydrogen) atoms. The van der Waals surface area contributed by atoms with Crippen LogP contribution in [0.25, 0.3) is 0 Å². The summed E-state index contributed by atoms with van der Waals surface area (Å²) in [5.41, 5.74) is 1.38. The van der Waals surface area contributed by atoms with Crippen LogP contribution in [-0.4, -0.2) is 29.8 Å². The molecule has 4 nitrogen and oxygen atoms in total. The highest BCUT2D eigenvalue weighted by Crippen LogP contribution is 2.17. The van der Waals surface area contributed by atoms with Gasteiger partial charge in [-0.15, -0.1) is 0 Å². The third kappa shape index (κ3) is 5.70. The maximum absolute atomic E-state index is 12.6. The Bertz CT molecular complexity index is 520. The maximum Gasteiger partial charge on any atom is 0.253 e. The SMILES string of the molecule is CCCCCC(=O)Nc1cccc(C(=O)N2CCCCCC2)c1. The molecule has 0 bridgehead atoms. The van der Waals surface area contributed by atoms with E-state index in [9.17, 15) is 9.59 Å². The van der Waals surface area contributed by atoms with Gasteiger partial charge < -0.3 is 10.2 Å². The lowest BCUT2D eigenvalue weighted by atomic mass is 10.1. The Morgan fingerprint density at radius 3 is 2.52 bits per heavy atom. The molecule has 0 saturated carbocycles. The fourth-order valence-electron chi connectivity index (χ4n) is 2.95. The lowest BCUT2D eigenvalue weighted by molar-refractivity contribution is -0.116. The molecule has 0 aliphatic carbocycles. The van der Waals surface area contributed by atoms with E-state index in [0.29, 0.717) is 17.7 Å². The molecule has 126 valence electrons. The summed E-state index contributed by atoms with van der Waals surface area (Å²) in [6.07, 6.45) is 8.20. The molecule has 0 atom stereocenters. The van der Waals surface area contributed by atoms with Gasteiger partial charge in [0.15, 0.2) is 0 Å². The lowest BCUT2D eigenvalue weighted by Gasteiger charge is -2.20. The van der Waals surface area contributed by atoms with Crippen LogP contribution in [0.2, 0.25) is 0 Å². The third-order valence-corrected chi connectivity index (χ3v) is 4.29. The van der Waals surface area contributed by atoms with Crippen LogP contribution < -0.4 is 5.32 Å². The van der Waals surface area contributed by atoms with Crippen molar-refractivity contribution < 1.29 is 9.59 Å². The second-order valence-electron chi connectivity index (χ2n) is 6.29. The summed E-state index contributed by atoms with van der Waals surface area (Å²) in [7, 11) is 0. The molecule has 0 aromatic heterocycles. The van der Waals surface area contributed by atoms with Crippen molar-refractivity contribution >= 4 is 17.5 Å². The van der Waals surface area contributed by atoms with Crippen molar-refractivity contribution in [2.24, 2.45) is 0 Å². The zero-order valence-corrected chi connectivity index (χ0v) is 14.1. The molecule has 0 radical (unpaired) electrons. The molecule has 4 heteroatoms. The monoisotopic (exact) mass is 316 g/mol. The predicted octanol–water partition coefficient (Wildman–Crippen LogP) is 4.22. The van der Waals surface area contributed by atoms with E-state index in [1.165, 1.54) is 12.8 Å². The summed E-state index contributed by atoms with van der Waals surface area (Å²) < 4.78 is 0. The molecule has 2 amide bonds. The van der Waals surface area contributed by atoms with E-state index in [1.807, 2.05) is 23.1 Å². The molecule has 1 aliphatic rings. The number of benzene rings is 1. The summed E-state index contributed by atoms with van der Waals surface area (Å²) >= 11 is 0. The Morgan fingerprint density at radius 1 is 1.09 bits per heavy atom. The van der Waals surface area contributed by atoms with Crippen molar-refractivity contribution in [3.8, 4) is 0 Å². The first-order valence-electron chi connectivity index (χ1n) is 8.90. The summed E-state index contributed by atoms with van der Waals surface area (Å²) in [5.74, 6) is 0.104. The summed E-state index contributed by atoms with van der Waals surface area (Å²) in [4.78, 5) is 26.5. The number of nitrogens with zero attached hydrogens (tertiary/aromatic N) is 1. The van der Waals surface area contributed by atoms with Crippen molar-refractivity contribution in [2.45, 2.75) is 58.3 Å². The smallest absolute Gasteiger partial charge is 0.253 e. The molecule has 1 aromatic carbocycles. The Hall–Kier alpha value is -1.84. The Morgan fingerprint density at radius 2 is 1.83 bits per heavy atom. The average molecular weight is 316 g/mol. The van der Waals surface area contributed by atoms with Gasteiger partial charge in [0.05, 0.1) is 0 Å². The van der Waals surface area contributed by atoms with Crippen LogP contribution in [0.5, 0.6) is 0 Å². The van der Waals surface area contributed by atoms with Gasteiger partial charge >= 0.3 is 0 Å². The zero-order valence-electron chi connectivity index (χ0n) is 14.1. The quantitative estimate of drug-likeness (QED) is 0.799. The van der Waals surface area contributed by atoms with Gasteiger partial charge in [-0.1, -0.05) is 38.7 Å². The first kappa shape index (κ1) is 17.5. The molecule has 1 aromatic rings. The minimum Gasteiger partial charge on any atom is -0.339 e. The normalized spacial score (nSPS) is 15.1. The van der Waals surface area contributed by atoms with Crippen molar-refractivity contribution in [3.63, 3.8) is 0 Å². The van der Waals surface area contributed by atoms with Gasteiger partial charge in [-0.2, -0.15) is 0 Å². The molecule has 0 spiro atoms. The number of rotatable bonds is 6. The van der Waals surface area contributed by atoms with E-state index in [-0.39, 0.29) is 11.8 Å². The molecular formula is C19H28N2O2. The van der Waals surface area contributed by atoms with E-state index in [4.69, 9.17) is 0 Å². The van der Waals surface area contributed by atoms with E-state index in [1.54, 1.807) is 6.07 Å². The van der Waals surface area contributed by atoms with Gasteiger partial charge in [0, 0.05) is 30.8 Å². The van der Waals surface area contributed by atoms with Crippen LogP contribution >= 0.6 is 0 Å². The highest BCUT2D eigenvalue weighted by molar-refractivity contribution is 5.97. The molecular weight excluding hydrogens is 288 g/mol. The number of unbranched alkanes of at least 4 members (excludes halogenated alkanes) is 2. The van der Waals surface area contributed by atoms with Crippen molar-refractivity contribution in [1.29, 1.82) is 0 Å². The number of hydrogen-bond acceptors (Lipinski definition) is 2. The van der Waals surface area contributed by atoms with Crippen molar-refractivity contribution in [1.82, 2.24) is 4.90 Å². The Balaban J connectivity index is 1.95. The number of hydrogen-bond donors (Lipinski definition) is 1. The van der Waals surface area contributed by atoms with Crippen LogP contribution in [0.3, 0.4) is 0 Å². The van der Waals surface area contributed by atoms with Gasteiger partial charge in [0.1, 0.15) is 0 Å². The number of nitrogens with one attached hydrogen (secondary N) is 1. The summed E-state index contributed by atoms with van der Waals surface area (Å²) in [6, 6.07) is 7.31. The Kier molecular flexibility index (Phi) is 7.11. The second kappa shape index (κ2) is 9.33. The van der Waals surface area contributed by atoms with Gasteiger partial charge in [-0.05, 0) is 37.5 Å². The summed E-state index contributed by atoms with van der Waals surface area (Å²) in [6.45, 7) is 3.80. The van der Waals surface area contributed by atoms with E-state index >= 15 is 0 Å². The number of carbonyl (C=O) groups excluding carboxylic acids is 2. The fourth-order valence-corrected chi connectivity index (χ4v) is 2.95. The molecule has 1 fully saturated rings. The molecule has 1 saturated heterocycles. The predicted molar refractivity (Wildman–Crippen MR) is 93.6 cm³/mol. The maximum atomic E-state index is 12.6.